The Morgan fingerprint density at radius 2 is 1.74 bits per heavy atom. The largest absolute Gasteiger partial charge is 0.445 e. The van der Waals surface area contributed by atoms with Crippen LogP contribution in [0.2, 0.25) is 0 Å². The van der Waals surface area contributed by atoms with E-state index in [1.54, 1.807) is 9.80 Å². The maximum absolute atomic E-state index is 12.4. The summed E-state index contributed by atoms with van der Waals surface area (Å²) >= 11 is 0. The van der Waals surface area contributed by atoms with Crippen LogP contribution in [0.25, 0.3) is 0 Å². The Labute approximate surface area is 159 Å². The molecular weight excluding hydrogens is 348 g/mol. The van der Waals surface area contributed by atoms with E-state index in [0.717, 1.165) is 5.56 Å². The highest BCUT2D eigenvalue weighted by Gasteiger charge is 2.57. The highest BCUT2D eigenvalue weighted by molar-refractivity contribution is 5.71. The lowest BCUT2D eigenvalue weighted by Crippen LogP contribution is -2.63. The number of carbonyl (C=O) groups is 2. The number of carbonyl (C=O) groups excluding carboxylic acids is 2. The van der Waals surface area contributed by atoms with Crippen LogP contribution in [0.5, 0.6) is 0 Å². The van der Waals surface area contributed by atoms with Gasteiger partial charge in [-0.15, -0.1) is 0 Å². The van der Waals surface area contributed by atoms with Crippen molar-refractivity contribution in [1.29, 1.82) is 0 Å². The van der Waals surface area contributed by atoms with Crippen molar-refractivity contribution in [3.05, 3.63) is 35.9 Å². The van der Waals surface area contributed by atoms with Gasteiger partial charge >= 0.3 is 12.2 Å². The Hall–Kier alpha value is -2.28. The van der Waals surface area contributed by atoms with Crippen LogP contribution in [0.3, 0.4) is 0 Å². The number of likely N-dealkylation sites (tertiary alicyclic amines) is 2. The molecule has 2 heterocycles. The molecule has 0 bridgehead atoms. The Kier molecular flexibility index (Phi) is 5.33. The number of benzene rings is 1. The molecule has 2 amide bonds. The Morgan fingerprint density at radius 1 is 1.11 bits per heavy atom. The molecule has 0 saturated carbocycles. The molecule has 27 heavy (non-hydrogen) atoms. The lowest BCUT2D eigenvalue weighted by molar-refractivity contribution is -0.0528. The molecule has 7 nitrogen and oxygen atoms in total. The van der Waals surface area contributed by atoms with Gasteiger partial charge in [-0.2, -0.15) is 0 Å². The second-order valence-corrected chi connectivity index (χ2v) is 8.50. The number of nitrogens with zero attached hydrogens (tertiary/aromatic N) is 2. The normalized spacial score (nSPS) is 21.1. The molecule has 0 aliphatic carbocycles. The van der Waals surface area contributed by atoms with Crippen LogP contribution in [0, 0.1) is 11.3 Å². The number of rotatable bonds is 3. The molecule has 1 aromatic rings. The van der Waals surface area contributed by atoms with Crippen LogP contribution < -0.4 is 0 Å². The van der Waals surface area contributed by atoms with Crippen molar-refractivity contribution >= 4 is 12.2 Å². The summed E-state index contributed by atoms with van der Waals surface area (Å²) in [5.74, 6) is -0.0690. The van der Waals surface area contributed by atoms with E-state index in [4.69, 9.17) is 9.47 Å². The summed E-state index contributed by atoms with van der Waals surface area (Å²) in [6, 6.07) is 9.51. The van der Waals surface area contributed by atoms with E-state index in [0.29, 0.717) is 26.2 Å². The quantitative estimate of drug-likeness (QED) is 0.877. The minimum Gasteiger partial charge on any atom is -0.445 e. The summed E-state index contributed by atoms with van der Waals surface area (Å²) in [4.78, 5) is 27.9. The molecule has 2 fully saturated rings. The number of aliphatic hydroxyl groups excluding tert-OH is 1. The predicted molar refractivity (Wildman–Crippen MR) is 99.0 cm³/mol. The minimum absolute atomic E-state index is 0.0232. The molecule has 2 saturated heterocycles. The van der Waals surface area contributed by atoms with E-state index < -0.39 is 5.60 Å². The summed E-state index contributed by atoms with van der Waals surface area (Å²) in [5.41, 5.74) is 0.106. The zero-order valence-corrected chi connectivity index (χ0v) is 16.2. The van der Waals surface area contributed by atoms with Crippen molar-refractivity contribution in [2.24, 2.45) is 11.3 Å². The summed E-state index contributed by atoms with van der Waals surface area (Å²) in [6.07, 6.45) is -0.736. The van der Waals surface area contributed by atoms with Gasteiger partial charge in [-0.25, -0.2) is 9.59 Å². The van der Waals surface area contributed by atoms with Crippen LogP contribution in [0.1, 0.15) is 26.3 Å². The summed E-state index contributed by atoms with van der Waals surface area (Å²) < 4.78 is 10.8. The molecule has 0 radical (unpaired) electrons. The van der Waals surface area contributed by atoms with Crippen molar-refractivity contribution in [3.63, 3.8) is 0 Å². The van der Waals surface area contributed by atoms with E-state index in [9.17, 15) is 14.7 Å². The third-order valence-electron chi connectivity index (χ3n) is 5.16. The first-order valence-electron chi connectivity index (χ1n) is 9.27. The summed E-state index contributed by atoms with van der Waals surface area (Å²) in [6.45, 7) is 7.56. The fraction of sp³-hybridized carbons (Fsp3) is 0.600. The molecule has 1 spiro atoms. The van der Waals surface area contributed by atoms with Gasteiger partial charge in [0.1, 0.15) is 12.2 Å². The smallest absolute Gasteiger partial charge is 0.410 e. The molecule has 148 valence electrons. The van der Waals surface area contributed by atoms with Crippen LogP contribution in [0.15, 0.2) is 30.3 Å². The van der Waals surface area contributed by atoms with Crippen molar-refractivity contribution < 1.29 is 24.2 Å². The van der Waals surface area contributed by atoms with Crippen LogP contribution >= 0.6 is 0 Å². The summed E-state index contributed by atoms with van der Waals surface area (Å²) in [7, 11) is 0. The SMILES string of the molecule is CC(C)(C)OC(=O)N1CC2(CN(C(=O)OCc3ccccc3)CC2CO)C1. The number of hydrogen-bond acceptors (Lipinski definition) is 5. The molecule has 1 atom stereocenters. The van der Waals surface area contributed by atoms with Gasteiger partial charge in [0.15, 0.2) is 0 Å². The van der Waals surface area contributed by atoms with Crippen molar-refractivity contribution in [1.82, 2.24) is 9.80 Å². The topological polar surface area (TPSA) is 79.3 Å². The third-order valence-corrected chi connectivity index (χ3v) is 5.16. The first kappa shape index (κ1) is 19.5. The molecule has 2 aliphatic rings. The van der Waals surface area contributed by atoms with Gasteiger partial charge in [0, 0.05) is 44.1 Å². The maximum atomic E-state index is 12.4. The van der Waals surface area contributed by atoms with Gasteiger partial charge in [-0.05, 0) is 26.3 Å². The minimum atomic E-state index is -0.542. The van der Waals surface area contributed by atoms with Crippen LogP contribution in [-0.4, -0.2) is 65.5 Å². The maximum Gasteiger partial charge on any atom is 0.410 e. The molecule has 3 rings (SSSR count). The average molecular weight is 376 g/mol. The highest BCUT2D eigenvalue weighted by Crippen LogP contribution is 2.44. The van der Waals surface area contributed by atoms with E-state index in [1.165, 1.54) is 0 Å². The number of amides is 2. The van der Waals surface area contributed by atoms with Gasteiger partial charge in [0.05, 0.1) is 0 Å². The zero-order chi connectivity index (χ0) is 19.7. The number of hydrogen-bond donors (Lipinski definition) is 1. The standard InChI is InChI=1S/C20H28N2O5/c1-19(2,3)27-18(25)22-13-20(14-22)12-21(9-16(20)10-23)17(24)26-11-15-7-5-4-6-8-15/h4-8,16,23H,9-14H2,1-3H3. The van der Waals surface area contributed by atoms with Crippen molar-refractivity contribution in [2.75, 3.05) is 32.8 Å². The van der Waals surface area contributed by atoms with Crippen LogP contribution in [0.4, 0.5) is 9.59 Å². The van der Waals surface area contributed by atoms with E-state index >= 15 is 0 Å². The molecule has 2 aliphatic heterocycles. The number of aliphatic hydroxyl groups is 1. The molecule has 1 N–H and O–H groups in total. The van der Waals surface area contributed by atoms with Gasteiger partial charge in [-0.1, -0.05) is 30.3 Å². The molecule has 7 heteroatoms. The zero-order valence-electron chi connectivity index (χ0n) is 16.2. The second-order valence-electron chi connectivity index (χ2n) is 8.50. The lowest BCUT2D eigenvalue weighted by atomic mass is 9.72. The summed E-state index contributed by atoms with van der Waals surface area (Å²) in [5, 5.41) is 9.77. The van der Waals surface area contributed by atoms with E-state index in [2.05, 4.69) is 0 Å². The fourth-order valence-corrected chi connectivity index (χ4v) is 3.76. The molecule has 1 unspecified atom stereocenters. The molecular formula is C20H28N2O5. The Balaban J connectivity index is 1.55. The van der Waals surface area contributed by atoms with Gasteiger partial charge in [-0.3, -0.25) is 0 Å². The van der Waals surface area contributed by atoms with Crippen molar-refractivity contribution in [2.45, 2.75) is 33.0 Å². The second kappa shape index (κ2) is 7.38. The first-order valence-corrected chi connectivity index (χ1v) is 9.27. The van der Waals surface area contributed by atoms with Gasteiger partial charge in [0.25, 0.3) is 0 Å². The monoisotopic (exact) mass is 376 g/mol. The van der Waals surface area contributed by atoms with Gasteiger partial charge < -0.3 is 24.4 Å². The van der Waals surface area contributed by atoms with Crippen LogP contribution in [-0.2, 0) is 16.1 Å². The Bertz CT molecular complexity index is 679. The Morgan fingerprint density at radius 3 is 2.33 bits per heavy atom. The first-order chi connectivity index (χ1) is 12.7. The third kappa shape index (κ3) is 4.35. The van der Waals surface area contributed by atoms with Crippen molar-refractivity contribution in [3.8, 4) is 0 Å². The van der Waals surface area contributed by atoms with E-state index in [1.807, 2.05) is 51.1 Å². The highest BCUT2D eigenvalue weighted by atomic mass is 16.6. The van der Waals surface area contributed by atoms with Gasteiger partial charge in [0.2, 0.25) is 0 Å². The lowest BCUT2D eigenvalue weighted by Gasteiger charge is -2.50. The van der Waals surface area contributed by atoms with E-state index in [-0.39, 0.29) is 36.7 Å². The number of ether oxygens (including phenoxy) is 2. The molecule has 1 aromatic carbocycles. The predicted octanol–water partition coefficient (Wildman–Crippen LogP) is 2.48. The fourth-order valence-electron chi connectivity index (χ4n) is 3.76. The average Bonchev–Trinajstić information content (AvgIpc) is 2.98. The molecule has 0 aromatic heterocycles.